The van der Waals surface area contributed by atoms with Crippen molar-refractivity contribution in [1.29, 1.82) is 0 Å². The number of amides is 2. The molecule has 1 aliphatic carbocycles. The highest BCUT2D eigenvalue weighted by molar-refractivity contribution is 5.84. The van der Waals surface area contributed by atoms with Gasteiger partial charge in [0.2, 0.25) is 11.8 Å². The average molecular weight is 414 g/mol. The predicted octanol–water partition coefficient (Wildman–Crippen LogP) is 2.91. The Balaban J connectivity index is 1.32. The fourth-order valence-electron chi connectivity index (χ4n) is 5.32. The summed E-state index contributed by atoms with van der Waals surface area (Å²) in [6, 6.07) is 8.51. The van der Waals surface area contributed by atoms with Crippen molar-refractivity contribution >= 4 is 11.8 Å². The number of methoxy groups -OCH3 is 1. The third kappa shape index (κ3) is 4.80. The van der Waals surface area contributed by atoms with E-state index in [2.05, 4.69) is 4.90 Å². The number of nitrogens with zero attached hydrogens (tertiary/aromatic N) is 3. The highest BCUT2D eigenvalue weighted by atomic mass is 16.5. The van der Waals surface area contributed by atoms with Gasteiger partial charge in [0, 0.05) is 57.3 Å². The first-order chi connectivity index (χ1) is 14.7. The minimum absolute atomic E-state index is 0.0846. The Hall–Kier alpha value is -2.08. The van der Waals surface area contributed by atoms with Gasteiger partial charge in [0.05, 0.1) is 13.0 Å². The number of likely N-dealkylation sites (tertiary alicyclic amines) is 1. The van der Waals surface area contributed by atoms with E-state index in [1.54, 1.807) is 7.11 Å². The summed E-state index contributed by atoms with van der Waals surface area (Å²) in [5.74, 6) is 1.07. The predicted molar refractivity (Wildman–Crippen MR) is 116 cm³/mol. The molecular weight excluding hydrogens is 378 g/mol. The lowest BCUT2D eigenvalue weighted by atomic mass is 9.93. The van der Waals surface area contributed by atoms with Gasteiger partial charge in [0.1, 0.15) is 5.75 Å². The molecule has 3 fully saturated rings. The SMILES string of the molecule is COc1ccccc1CN1C[C@H](C(=O)N2CCN(C3CCCCC3)CC2)CCC1=O. The molecule has 6 heteroatoms. The summed E-state index contributed by atoms with van der Waals surface area (Å²) in [6.07, 6.45) is 7.83. The van der Waals surface area contributed by atoms with Crippen LogP contribution < -0.4 is 4.74 Å². The van der Waals surface area contributed by atoms with Crippen LogP contribution >= 0.6 is 0 Å². The molecule has 1 saturated carbocycles. The van der Waals surface area contributed by atoms with E-state index in [-0.39, 0.29) is 17.7 Å². The molecule has 0 radical (unpaired) electrons. The minimum atomic E-state index is -0.0846. The Morgan fingerprint density at radius 3 is 2.50 bits per heavy atom. The van der Waals surface area contributed by atoms with Gasteiger partial charge in [-0.25, -0.2) is 0 Å². The van der Waals surface area contributed by atoms with Crippen molar-refractivity contribution in [2.45, 2.75) is 57.5 Å². The Bertz CT molecular complexity index is 739. The van der Waals surface area contributed by atoms with Crippen LogP contribution in [0.1, 0.15) is 50.5 Å². The monoisotopic (exact) mass is 413 g/mol. The van der Waals surface area contributed by atoms with Crippen LogP contribution in [0.4, 0.5) is 0 Å². The number of carbonyl (C=O) groups excluding carboxylic acids is 2. The molecule has 0 bridgehead atoms. The molecule has 6 nitrogen and oxygen atoms in total. The van der Waals surface area contributed by atoms with Gasteiger partial charge < -0.3 is 14.5 Å². The molecule has 3 aliphatic rings. The quantitative estimate of drug-likeness (QED) is 0.745. The van der Waals surface area contributed by atoms with Crippen molar-refractivity contribution in [2.75, 3.05) is 39.8 Å². The topological polar surface area (TPSA) is 53.1 Å². The second kappa shape index (κ2) is 9.82. The molecule has 1 aromatic carbocycles. The maximum Gasteiger partial charge on any atom is 0.227 e. The Morgan fingerprint density at radius 2 is 1.77 bits per heavy atom. The van der Waals surface area contributed by atoms with E-state index in [0.717, 1.165) is 43.5 Å². The highest BCUT2D eigenvalue weighted by Gasteiger charge is 2.35. The van der Waals surface area contributed by atoms with E-state index in [9.17, 15) is 9.59 Å². The van der Waals surface area contributed by atoms with Crippen molar-refractivity contribution in [3.8, 4) is 5.75 Å². The second-order valence-corrected chi connectivity index (χ2v) is 8.97. The minimum Gasteiger partial charge on any atom is -0.496 e. The lowest BCUT2D eigenvalue weighted by Crippen LogP contribution is -2.55. The third-order valence-electron chi connectivity index (χ3n) is 7.12. The maximum atomic E-state index is 13.2. The largest absolute Gasteiger partial charge is 0.496 e. The summed E-state index contributed by atoms with van der Waals surface area (Å²) >= 11 is 0. The van der Waals surface area contributed by atoms with Crippen molar-refractivity contribution in [3.05, 3.63) is 29.8 Å². The van der Waals surface area contributed by atoms with Crippen LogP contribution in [-0.4, -0.2) is 72.4 Å². The fourth-order valence-corrected chi connectivity index (χ4v) is 5.32. The molecular formula is C24H35N3O3. The molecule has 2 aliphatic heterocycles. The van der Waals surface area contributed by atoms with Crippen molar-refractivity contribution in [3.63, 3.8) is 0 Å². The number of ether oxygens (including phenoxy) is 1. The van der Waals surface area contributed by atoms with Gasteiger partial charge in [-0.1, -0.05) is 37.5 Å². The van der Waals surface area contributed by atoms with Crippen LogP contribution in [0.25, 0.3) is 0 Å². The summed E-state index contributed by atoms with van der Waals surface area (Å²) < 4.78 is 5.43. The number of hydrogen-bond acceptors (Lipinski definition) is 4. The van der Waals surface area contributed by atoms with Crippen LogP contribution in [0.5, 0.6) is 5.75 Å². The molecule has 2 heterocycles. The van der Waals surface area contributed by atoms with Gasteiger partial charge in [0.25, 0.3) is 0 Å². The number of para-hydroxylation sites is 1. The second-order valence-electron chi connectivity index (χ2n) is 8.97. The van der Waals surface area contributed by atoms with Crippen molar-refractivity contribution in [2.24, 2.45) is 5.92 Å². The number of benzene rings is 1. The van der Waals surface area contributed by atoms with Gasteiger partial charge in [-0.3, -0.25) is 14.5 Å². The fraction of sp³-hybridized carbons (Fsp3) is 0.667. The molecule has 2 saturated heterocycles. The Kier molecular flexibility index (Phi) is 6.93. The molecule has 30 heavy (non-hydrogen) atoms. The molecule has 2 amide bonds. The number of carbonyl (C=O) groups is 2. The number of hydrogen-bond donors (Lipinski definition) is 0. The summed E-state index contributed by atoms with van der Waals surface area (Å²) in [4.78, 5) is 32.2. The molecule has 1 aromatic rings. The molecule has 164 valence electrons. The van der Waals surface area contributed by atoms with Crippen molar-refractivity contribution < 1.29 is 14.3 Å². The molecule has 0 spiro atoms. The Morgan fingerprint density at radius 1 is 1.03 bits per heavy atom. The molecule has 4 rings (SSSR count). The van der Waals surface area contributed by atoms with Crippen LogP contribution in [0.2, 0.25) is 0 Å². The van der Waals surface area contributed by atoms with Gasteiger partial charge >= 0.3 is 0 Å². The molecule has 1 atom stereocenters. The van der Waals surface area contributed by atoms with Crippen molar-refractivity contribution in [1.82, 2.24) is 14.7 Å². The van der Waals surface area contributed by atoms with Gasteiger partial charge in [0.15, 0.2) is 0 Å². The first-order valence-electron chi connectivity index (χ1n) is 11.6. The Labute approximate surface area is 180 Å². The zero-order valence-electron chi connectivity index (χ0n) is 18.2. The van der Waals surface area contributed by atoms with Crippen LogP contribution in [0, 0.1) is 5.92 Å². The zero-order chi connectivity index (χ0) is 20.9. The normalized spacial score (nSPS) is 24.2. The van der Waals surface area contributed by atoms with Gasteiger partial charge in [-0.05, 0) is 25.3 Å². The van der Waals surface area contributed by atoms with E-state index in [0.29, 0.717) is 25.9 Å². The van der Waals surface area contributed by atoms with Crippen LogP contribution in [0.15, 0.2) is 24.3 Å². The van der Waals surface area contributed by atoms with E-state index < -0.39 is 0 Å². The first-order valence-corrected chi connectivity index (χ1v) is 11.6. The maximum absolute atomic E-state index is 13.2. The molecule has 0 unspecified atom stereocenters. The zero-order valence-corrected chi connectivity index (χ0v) is 18.2. The van der Waals surface area contributed by atoms with E-state index >= 15 is 0 Å². The van der Waals surface area contributed by atoms with Gasteiger partial charge in [-0.2, -0.15) is 0 Å². The third-order valence-corrected chi connectivity index (χ3v) is 7.12. The van der Waals surface area contributed by atoms with Gasteiger partial charge in [-0.15, -0.1) is 0 Å². The molecule has 0 aromatic heterocycles. The summed E-state index contributed by atoms with van der Waals surface area (Å²) in [7, 11) is 1.65. The smallest absolute Gasteiger partial charge is 0.227 e. The number of piperidine rings is 1. The van der Waals surface area contributed by atoms with E-state index in [1.165, 1.54) is 32.1 Å². The number of rotatable bonds is 5. The lowest BCUT2D eigenvalue weighted by molar-refractivity contribution is -0.144. The summed E-state index contributed by atoms with van der Waals surface area (Å²) in [5, 5.41) is 0. The standard InChI is InChI=1S/C24H35N3O3/c1-30-22-10-6-5-7-19(22)17-27-18-20(11-12-23(27)28)24(29)26-15-13-25(14-16-26)21-8-3-2-4-9-21/h5-7,10,20-21H,2-4,8-9,11-18H2,1H3/t20-/m1/s1. The summed E-state index contributed by atoms with van der Waals surface area (Å²) in [6.45, 7) is 4.65. The van der Waals surface area contributed by atoms with Crippen LogP contribution in [-0.2, 0) is 16.1 Å². The summed E-state index contributed by atoms with van der Waals surface area (Å²) in [5.41, 5.74) is 0.988. The lowest BCUT2D eigenvalue weighted by Gasteiger charge is -2.42. The average Bonchev–Trinajstić information content (AvgIpc) is 2.81. The number of piperazine rings is 1. The van der Waals surface area contributed by atoms with E-state index in [1.807, 2.05) is 34.1 Å². The van der Waals surface area contributed by atoms with E-state index in [4.69, 9.17) is 4.74 Å². The first kappa shape index (κ1) is 21.2. The highest BCUT2D eigenvalue weighted by Crippen LogP contribution is 2.27. The molecule has 0 N–H and O–H groups in total. The van der Waals surface area contributed by atoms with Crippen LogP contribution in [0.3, 0.4) is 0 Å².